The van der Waals surface area contributed by atoms with Gasteiger partial charge in [-0.3, -0.25) is 24.3 Å². The summed E-state index contributed by atoms with van der Waals surface area (Å²) in [6.07, 6.45) is 7.22. The number of nitro benzene ring substituents is 1. The van der Waals surface area contributed by atoms with Crippen LogP contribution < -0.4 is 11.0 Å². The van der Waals surface area contributed by atoms with E-state index in [-0.39, 0.29) is 17.0 Å². The molecule has 1 aliphatic rings. The lowest BCUT2D eigenvalue weighted by atomic mass is 10.2. The number of nitro groups is 1. The molecule has 9 nitrogen and oxygen atoms in total. The van der Waals surface area contributed by atoms with Crippen molar-refractivity contribution in [1.29, 1.82) is 0 Å². The van der Waals surface area contributed by atoms with E-state index >= 15 is 0 Å². The molecule has 0 spiro atoms. The second-order valence-electron chi connectivity index (χ2n) is 8.33. The maximum atomic E-state index is 13.6. The Labute approximate surface area is 230 Å². The zero-order valence-corrected chi connectivity index (χ0v) is 22.2. The van der Waals surface area contributed by atoms with E-state index in [1.54, 1.807) is 53.8 Å². The molecule has 0 saturated heterocycles. The van der Waals surface area contributed by atoms with Crippen LogP contribution in [-0.4, -0.2) is 32.3 Å². The standard InChI is InChI=1S/C26H20ClN5O4S2/c27-17-10-12-18(13-11-17)31-25(34)23-19-7-3-9-21(19)38-24(23)29-26(31)37-15-22(33)30-28-14-4-6-16-5-1-2-8-20(16)32(35)36/h1-2,4-6,8,10-14H,3,7,9,15H2,(H,30,33). The Hall–Kier alpha value is -3.80. The minimum Gasteiger partial charge on any atom is -0.272 e. The lowest BCUT2D eigenvalue weighted by Gasteiger charge is -2.12. The minimum atomic E-state index is -0.464. The van der Waals surface area contributed by atoms with E-state index < -0.39 is 10.8 Å². The number of rotatable bonds is 8. The number of hydrazone groups is 1. The highest BCUT2D eigenvalue weighted by Crippen LogP contribution is 2.36. The lowest BCUT2D eigenvalue weighted by molar-refractivity contribution is -0.385. The Morgan fingerprint density at radius 1 is 1.24 bits per heavy atom. The number of nitrogens with one attached hydrogen (secondary N) is 1. The Kier molecular flexibility index (Phi) is 7.68. The van der Waals surface area contributed by atoms with E-state index in [0.29, 0.717) is 31.6 Å². The Bertz CT molecular complexity index is 1660. The first kappa shape index (κ1) is 25.8. The fourth-order valence-corrected chi connectivity index (χ4v) is 6.43. The van der Waals surface area contributed by atoms with Crippen molar-refractivity contribution in [3.05, 3.63) is 96.1 Å². The highest BCUT2D eigenvalue weighted by atomic mass is 35.5. The fraction of sp³-hybridized carbons (Fsp3) is 0.154. The third kappa shape index (κ3) is 5.40. The first-order valence-electron chi connectivity index (χ1n) is 11.6. The molecule has 0 atom stereocenters. The summed E-state index contributed by atoms with van der Waals surface area (Å²) in [5, 5.41) is 16.6. The Morgan fingerprint density at radius 3 is 2.82 bits per heavy atom. The maximum Gasteiger partial charge on any atom is 0.276 e. The molecule has 0 aliphatic heterocycles. The van der Waals surface area contributed by atoms with Gasteiger partial charge in [0.05, 0.1) is 27.3 Å². The number of aryl methyl sites for hydroxylation is 2. The van der Waals surface area contributed by atoms with Crippen molar-refractivity contribution in [2.75, 3.05) is 5.75 Å². The van der Waals surface area contributed by atoms with Gasteiger partial charge in [0.25, 0.3) is 17.2 Å². The molecule has 0 unspecified atom stereocenters. The van der Waals surface area contributed by atoms with Gasteiger partial charge in [-0.25, -0.2) is 10.4 Å². The zero-order chi connectivity index (χ0) is 26.6. The second-order valence-corrected chi connectivity index (χ2v) is 10.8. The van der Waals surface area contributed by atoms with Crippen molar-refractivity contribution in [2.24, 2.45) is 5.10 Å². The van der Waals surface area contributed by atoms with Crippen LogP contribution in [0.3, 0.4) is 0 Å². The van der Waals surface area contributed by atoms with Crippen LogP contribution in [0, 0.1) is 10.1 Å². The van der Waals surface area contributed by atoms with Crippen LogP contribution in [-0.2, 0) is 17.6 Å². The molecule has 1 aliphatic carbocycles. The molecule has 2 aromatic carbocycles. The second kappa shape index (κ2) is 11.3. The molecular weight excluding hydrogens is 546 g/mol. The third-order valence-corrected chi connectivity index (χ3v) is 8.26. The number of aromatic nitrogens is 2. The normalized spacial score (nSPS) is 13.0. The van der Waals surface area contributed by atoms with E-state index in [0.717, 1.165) is 36.6 Å². The minimum absolute atomic E-state index is 0.0234. The van der Waals surface area contributed by atoms with Crippen molar-refractivity contribution >= 4 is 68.8 Å². The first-order valence-corrected chi connectivity index (χ1v) is 13.8. The number of allylic oxidation sites excluding steroid dienone is 1. The van der Waals surface area contributed by atoms with E-state index in [1.807, 2.05) is 0 Å². The van der Waals surface area contributed by atoms with E-state index in [4.69, 9.17) is 16.6 Å². The number of halogens is 1. The van der Waals surface area contributed by atoms with Crippen molar-refractivity contribution in [3.63, 3.8) is 0 Å². The molecule has 1 amide bonds. The molecule has 12 heteroatoms. The van der Waals surface area contributed by atoms with Crippen molar-refractivity contribution in [3.8, 4) is 5.69 Å². The molecule has 4 aromatic rings. The zero-order valence-electron chi connectivity index (χ0n) is 19.8. The molecule has 2 aromatic heterocycles. The summed E-state index contributed by atoms with van der Waals surface area (Å²) in [6, 6.07) is 13.2. The molecule has 0 fully saturated rings. The molecule has 0 saturated carbocycles. The number of benzene rings is 2. The van der Waals surface area contributed by atoms with Gasteiger partial charge < -0.3 is 0 Å². The molecule has 5 rings (SSSR count). The fourth-order valence-electron chi connectivity index (χ4n) is 4.20. The molecular formula is C26H20ClN5O4S2. The lowest BCUT2D eigenvalue weighted by Crippen LogP contribution is -2.24. The number of hydrogen-bond donors (Lipinski definition) is 1. The summed E-state index contributed by atoms with van der Waals surface area (Å²) in [4.78, 5) is 43.4. The average molecular weight is 566 g/mol. The molecule has 0 radical (unpaired) electrons. The van der Waals surface area contributed by atoms with E-state index in [9.17, 15) is 19.7 Å². The maximum absolute atomic E-state index is 13.6. The summed E-state index contributed by atoms with van der Waals surface area (Å²) >= 11 is 8.73. The summed E-state index contributed by atoms with van der Waals surface area (Å²) in [5.41, 5.74) is 4.37. The van der Waals surface area contributed by atoms with Gasteiger partial charge >= 0.3 is 0 Å². The van der Waals surface area contributed by atoms with Gasteiger partial charge in [0.1, 0.15) is 4.83 Å². The van der Waals surface area contributed by atoms with Crippen LogP contribution in [0.5, 0.6) is 0 Å². The van der Waals surface area contributed by atoms with Crippen LogP contribution in [0.1, 0.15) is 22.4 Å². The topological polar surface area (TPSA) is 119 Å². The summed E-state index contributed by atoms with van der Waals surface area (Å²) in [5.74, 6) is -0.419. The SMILES string of the molecule is O=C(CSc1nc2sc3c(c2c(=O)n1-c1ccc(Cl)cc1)CCC3)NN=CC=Cc1ccccc1[N+](=O)[O-]. The van der Waals surface area contributed by atoms with Crippen molar-refractivity contribution < 1.29 is 9.72 Å². The van der Waals surface area contributed by atoms with Gasteiger partial charge in [0.2, 0.25) is 0 Å². The molecule has 1 N–H and O–H groups in total. The average Bonchev–Trinajstić information content (AvgIpc) is 3.49. The van der Waals surface area contributed by atoms with Crippen LogP contribution in [0.2, 0.25) is 5.02 Å². The predicted molar refractivity (Wildman–Crippen MR) is 152 cm³/mol. The summed E-state index contributed by atoms with van der Waals surface area (Å²) < 4.78 is 1.53. The van der Waals surface area contributed by atoms with Gasteiger partial charge in [0.15, 0.2) is 5.16 Å². The number of amides is 1. The Balaban J connectivity index is 1.32. The van der Waals surface area contributed by atoms with Crippen LogP contribution in [0.25, 0.3) is 22.0 Å². The number of thioether (sulfide) groups is 1. The van der Waals surface area contributed by atoms with Crippen molar-refractivity contribution in [2.45, 2.75) is 24.4 Å². The van der Waals surface area contributed by atoms with Crippen LogP contribution in [0.4, 0.5) is 5.69 Å². The highest BCUT2D eigenvalue weighted by molar-refractivity contribution is 7.99. The number of para-hydroxylation sites is 1. The predicted octanol–water partition coefficient (Wildman–Crippen LogP) is 5.41. The van der Waals surface area contributed by atoms with Gasteiger partial charge in [-0.05, 0) is 67.3 Å². The summed E-state index contributed by atoms with van der Waals surface area (Å²) in [7, 11) is 0. The number of thiophene rings is 1. The number of fused-ring (bicyclic) bond motifs is 3. The van der Waals surface area contributed by atoms with Gasteiger partial charge in [0, 0.05) is 22.2 Å². The Morgan fingerprint density at radius 2 is 2.03 bits per heavy atom. The van der Waals surface area contributed by atoms with E-state index in [2.05, 4.69) is 10.5 Å². The number of nitrogens with zero attached hydrogens (tertiary/aromatic N) is 4. The number of carbonyl (C=O) groups excluding carboxylic acids is 1. The monoisotopic (exact) mass is 565 g/mol. The third-order valence-electron chi connectivity index (χ3n) is 5.88. The largest absolute Gasteiger partial charge is 0.276 e. The molecule has 38 heavy (non-hydrogen) atoms. The molecule has 192 valence electrons. The first-order chi connectivity index (χ1) is 18.4. The van der Waals surface area contributed by atoms with Crippen LogP contribution in [0.15, 0.2) is 69.7 Å². The molecule has 0 bridgehead atoms. The quantitative estimate of drug-likeness (QED) is 0.100. The van der Waals surface area contributed by atoms with Gasteiger partial charge in [-0.1, -0.05) is 35.5 Å². The van der Waals surface area contributed by atoms with Crippen molar-refractivity contribution in [1.82, 2.24) is 15.0 Å². The van der Waals surface area contributed by atoms with E-state index in [1.165, 1.54) is 33.9 Å². The van der Waals surface area contributed by atoms with Gasteiger partial charge in [-0.15, -0.1) is 11.3 Å². The smallest absolute Gasteiger partial charge is 0.272 e. The van der Waals surface area contributed by atoms with Crippen LogP contribution >= 0.6 is 34.7 Å². The molecule has 2 heterocycles. The highest BCUT2D eigenvalue weighted by Gasteiger charge is 2.24. The summed E-state index contributed by atoms with van der Waals surface area (Å²) in [6.45, 7) is 0. The number of hydrogen-bond acceptors (Lipinski definition) is 8. The number of carbonyl (C=O) groups is 1. The van der Waals surface area contributed by atoms with Gasteiger partial charge in [-0.2, -0.15) is 5.10 Å².